The van der Waals surface area contributed by atoms with Crippen LogP contribution in [0, 0.1) is 0 Å². The number of carbonyl (C=O) groups is 1. The van der Waals surface area contributed by atoms with Crippen LogP contribution in [0.1, 0.15) is 53.4 Å². The molecule has 2 rings (SSSR count). The summed E-state index contributed by atoms with van der Waals surface area (Å²) in [6, 6.07) is 0. The molecule has 1 fully saturated rings. The van der Waals surface area contributed by atoms with Crippen LogP contribution in [0.15, 0.2) is 4.99 Å². The Bertz CT molecular complexity index is 362. The number of amidine groups is 1. The molecule has 0 bridgehead atoms. The van der Waals surface area contributed by atoms with E-state index in [1.54, 1.807) is 0 Å². The van der Waals surface area contributed by atoms with Gasteiger partial charge in [0, 0.05) is 25.0 Å². The highest BCUT2D eigenvalue weighted by atomic mass is 16.5. The number of hydrogen-bond donors (Lipinski definition) is 0. The number of nitrogens with zero attached hydrogens (tertiary/aromatic N) is 2. The molecule has 102 valence electrons. The van der Waals surface area contributed by atoms with Gasteiger partial charge in [-0.25, -0.2) is 0 Å². The van der Waals surface area contributed by atoms with E-state index in [4.69, 9.17) is 9.73 Å². The van der Waals surface area contributed by atoms with Gasteiger partial charge in [0.05, 0.1) is 6.61 Å². The van der Waals surface area contributed by atoms with Gasteiger partial charge in [-0.05, 0) is 27.2 Å². The minimum atomic E-state index is -0.601. The van der Waals surface area contributed by atoms with Crippen LogP contribution in [0.2, 0.25) is 0 Å². The summed E-state index contributed by atoms with van der Waals surface area (Å²) in [4.78, 5) is 19.3. The highest BCUT2D eigenvalue weighted by molar-refractivity contribution is 6.09. The minimum Gasteiger partial charge on any atom is -0.378 e. The quantitative estimate of drug-likeness (QED) is 0.774. The van der Waals surface area contributed by atoms with Crippen molar-refractivity contribution in [1.29, 1.82) is 0 Å². The Morgan fingerprint density at radius 2 is 2.17 bits per heavy atom. The molecule has 1 spiro atoms. The van der Waals surface area contributed by atoms with Crippen LogP contribution >= 0.6 is 0 Å². The molecule has 1 unspecified atom stereocenters. The van der Waals surface area contributed by atoms with Crippen molar-refractivity contribution in [2.45, 2.75) is 64.5 Å². The van der Waals surface area contributed by atoms with E-state index in [-0.39, 0.29) is 11.4 Å². The summed E-state index contributed by atoms with van der Waals surface area (Å²) in [7, 11) is 0. The second kappa shape index (κ2) is 4.65. The van der Waals surface area contributed by atoms with Crippen LogP contribution in [0.5, 0.6) is 0 Å². The summed E-state index contributed by atoms with van der Waals surface area (Å²) in [5.41, 5.74) is -0.800. The fourth-order valence-electron chi connectivity index (χ4n) is 2.68. The molecule has 4 nitrogen and oxygen atoms in total. The van der Waals surface area contributed by atoms with Crippen LogP contribution in [-0.4, -0.2) is 40.9 Å². The Labute approximate surface area is 109 Å². The van der Waals surface area contributed by atoms with Crippen LogP contribution in [0.4, 0.5) is 0 Å². The smallest absolute Gasteiger partial charge is 0.258 e. The van der Waals surface area contributed by atoms with Crippen LogP contribution in [0.25, 0.3) is 0 Å². The minimum absolute atomic E-state index is 0.138. The molecular formula is C14H24N2O2. The summed E-state index contributed by atoms with van der Waals surface area (Å²) < 4.78 is 5.41. The van der Waals surface area contributed by atoms with Crippen molar-refractivity contribution in [2.75, 3.05) is 13.2 Å². The van der Waals surface area contributed by atoms with Gasteiger partial charge in [-0.1, -0.05) is 13.3 Å². The first-order valence-electron chi connectivity index (χ1n) is 6.92. The summed E-state index contributed by atoms with van der Waals surface area (Å²) in [5, 5.41) is 0. The van der Waals surface area contributed by atoms with E-state index < -0.39 is 5.54 Å². The van der Waals surface area contributed by atoms with Crippen molar-refractivity contribution in [3.8, 4) is 0 Å². The van der Waals surface area contributed by atoms with E-state index in [2.05, 4.69) is 27.7 Å². The van der Waals surface area contributed by atoms with Gasteiger partial charge in [-0.2, -0.15) is 0 Å². The van der Waals surface area contributed by atoms with E-state index in [9.17, 15) is 4.79 Å². The molecular weight excluding hydrogens is 228 g/mol. The lowest BCUT2D eigenvalue weighted by molar-refractivity contribution is -0.134. The van der Waals surface area contributed by atoms with Crippen LogP contribution < -0.4 is 0 Å². The Morgan fingerprint density at radius 1 is 1.44 bits per heavy atom. The normalized spacial score (nSPS) is 28.3. The second-order valence-corrected chi connectivity index (χ2v) is 6.28. The summed E-state index contributed by atoms with van der Waals surface area (Å²) >= 11 is 0. The van der Waals surface area contributed by atoms with Crippen LogP contribution in [0.3, 0.4) is 0 Å². The number of ether oxygens (including phenoxy) is 1. The maximum Gasteiger partial charge on any atom is 0.258 e. The molecule has 18 heavy (non-hydrogen) atoms. The average Bonchev–Trinajstić information content (AvgIpc) is 2.83. The molecule has 1 saturated heterocycles. The molecule has 1 atom stereocenters. The third-order valence-electron chi connectivity index (χ3n) is 3.63. The molecule has 1 amide bonds. The zero-order chi connectivity index (χ0) is 13.4. The first-order chi connectivity index (χ1) is 8.41. The van der Waals surface area contributed by atoms with Gasteiger partial charge >= 0.3 is 0 Å². The fraction of sp³-hybridized carbons (Fsp3) is 0.857. The third-order valence-corrected chi connectivity index (χ3v) is 3.63. The van der Waals surface area contributed by atoms with Crippen molar-refractivity contribution in [3.05, 3.63) is 0 Å². The van der Waals surface area contributed by atoms with E-state index in [0.717, 1.165) is 31.5 Å². The molecule has 2 heterocycles. The second-order valence-electron chi connectivity index (χ2n) is 6.28. The van der Waals surface area contributed by atoms with Crippen molar-refractivity contribution in [3.63, 3.8) is 0 Å². The Kier molecular flexibility index (Phi) is 3.49. The lowest BCUT2D eigenvalue weighted by atomic mass is 9.96. The van der Waals surface area contributed by atoms with Crippen molar-refractivity contribution >= 4 is 11.7 Å². The van der Waals surface area contributed by atoms with E-state index in [1.807, 2.05) is 4.90 Å². The molecule has 4 heteroatoms. The van der Waals surface area contributed by atoms with Gasteiger partial charge in [0.25, 0.3) is 5.91 Å². The molecule has 0 radical (unpaired) electrons. The predicted octanol–water partition coefficient (Wildman–Crippen LogP) is 2.37. The standard InChI is InChI=1S/C14H24N2O2/c1-5-6-7-11-15-14(8-9-18-10-14)12(17)16(11)13(2,3)4/h5-10H2,1-4H3. The van der Waals surface area contributed by atoms with Crippen molar-refractivity contribution < 1.29 is 9.53 Å². The maximum atomic E-state index is 12.7. The van der Waals surface area contributed by atoms with E-state index in [1.165, 1.54) is 0 Å². The molecule has 2 aliphatic heterocycles. The number of hydrogen-bond acceptors (Lipinski definition) is 3. The number of aliphatic imine (C=N–C) groups is 1. The SMILES string of the molecule is CCCCC1=NC2(CCOC2)C(=O)N1C(C)(C)C. The predicted molar refractivity (Wildman–Crippen MR) is 71.7 cm³/mol. The number of rotatable bonds is 3. The Balaban J connectivity index is 2.29. The molecule has 2 aliphatic rings. The molecule has 0 aromatic rings. The number of unbranched alkanes of at least 4 members (excludes halogenated alkanes) is 1. The largest absolute Gasteiger partial charge is 0.378 e. The third kappa shape index (κ3) is 2.18. The Morgan fingerprint density at radius 3 is 2.67 bits per heavy atom. The molecule has 0 saturated carbocycles. The zero-order valence-electron chi connectivity index (χ0n) is 12.0. The number of amides is 1. The molecule has 0 aromatic carbocycles. The van der Waals surface area contributed by atoms with Gasteiger partial charge < -0.3 is 4.74 Å². The van der Waals surface area contributed by atoms with Gasteiger partial charge in [-0.15, -0.1) is 0 Å². The summed E-state index contributed by atoms with van der Waals surface area (Å²) in [6.45, 7) is 9.47. The number of carbonyl (C=O) groups excluding carboxylic acids is 1. The average molecular weight is 252 g/mol. The monoisotopic (exact) mass is 252 g/mol. The summed E-state index contributed by atoms with van der Waals surface area (Å²) in [6.07, 6.45) is 3.82. The molecule has 0 aromatic heterocycles. The summed E-state index contributed by atoms with van der Waals surface area (Å²) in [5.74, 6) is 1.10. The maximum absolute atomic E-state index is 12.7. The van der Waals surface area contributed by atoms with Crippen molar-refractivity contribution in [1.82, 2.24) is 4.90 Å². The molecule has 0 N–H and O–H groups in total. The van der Waals surface area contributed by atoms with Gasteiger partial charge in [0.15, 0.2) is 5.54 Å². The van der Waals surface area contributed by atoms with E-state index >= 15 is 0 Å². The topological polar surface area (TPSA) is 41.9 Å². The van der Waals surface area contributed by atoms with Crippen LogP contribution in [-0.2, 0) is 9.53 Å². The fourth-order valence-corrected chi connectivity index (χ4v) is 2.68. The van der Waals surface area contributed by atoms with Gasteiger partial charge in [0.2, 0.25) is 0 Å². The van der Waals surface area contributed by atoms with E-state index in [0.29, 0.717) is 13.2 Å². The first-order valence-corrected chi connectivity index (χ1v) is 6.92. The highest BCUT2D eigenvalue weighted by Gasteiger charge is 2.52. The molecule has 0 aliphatic carbocycles. The lowest BCUT2D eigenvalue weighted by Crippen LogP contribution is -2.51. The first kappa shape index (κ1) is 13.5. The Hall–Kier alpha value is -0.900. The zero-order valence-corrected chi connectivity index (χ0v) is 12.0. The van der Waals surface area contributed by atoms with Crippen molar-refractivity contribution in [2.24, 2.45) is 4.99 Å². The van der Waals surface area contributed by atoms with Gasteiger partial charge in [-0.3, -0.25) is 14.7 Å². The lowest BCUT2D eigenvalue weighted by Gasteiger charge is -2.34. The highest BCUT2D eigenvalue weighted by Crippen LogP contribution is 2.36. The van der Waals surface area contributed by atoms with Gasteiger partial charge in [0.1, 0.15) is 5.84 Å².